The molecular weight excluding hydrogens is 790 g/mol. The Kier molecular flexibility index (Phi) is 49.6. The van der Waals surface area contributed by atoms with Gasteiger partial charge in [-0.2, -0.15) is 0 Å². The summed E-state index contributed by atoms with van der Waals surface area (Å²) in [5.41, 5.74) is 0. The van der Waals surface area contributed by atoms with Gasteiger partial charge in [0, 0.05) is 6.42 Å². The highest BCUT2D eigenvalue weighted by atomic mass is 31.2. The molecule has 1 amide bonds. The number of phosphoric acid groups is 1. The summed E-state index contributed by atoms with van der Waals surface area (Å²) in [6.07, 6.45) is 61.5. The molecule has 0 heterocycles. The molecule has 0 fully saturated rings. The van der Waals surface area contributed by atoms with Crippen LogP contribution in [0.5, 0.6) is 0 Å². The Morgan fingerprint density at radius 1 is 0.403 bits per heavy atom. The molecule has 0 bridgehead atoms. The molecule has 0 spiro atoms. The average Bonchev–Trinajstić information content (AvgIpc) is 3.25. The van der Waals surface area contributed by atoms with Crippen molar-refractivity contribution < 1.29 is 28.8 Å². The van der Waals surface area contributed by atoms with Crippen LogP contribution in [0.25, 0.3) is 0 Å². The van der Waals surface area contributed by atoms with Crippen molar-refractivity contribution in [3.8, 4) is 0 Å². The molecule has 0 saturated heterocycles. The third kappa shape index (κ3) is 50.5. The van der Waals surface area contributed by atoms with E-state index in [0.29, 0.717) is 12.8 Å². The molecule has 8 heteroatoms. The standard InChI is InChI=1S/C54H110NO6P/c1-3-5-7-9-11-13-15-17-18-19-20-21-22-23-24-25-26-27-28-29-30-31-32-33-34-35-36-38-40-42-44-46-48-50-54(57)55-52(51-61-62(58,59)60)53(56)49-47-45-43-41-39-37-16-14-12-10-8-6-4-2/h52-53,56H,3-51H2,1-2H3,(H,55,57)(H2,58,59,60)/t52-,53+/m0/s1. The Bertz CT molecular complexity index is 931. The van der Waals surface area contributed by atoms with Gasteiger partial charge < -0.3 is 20.2 Å². The molecule has 0 aliphatic heterocycles. The minimum atomic E-state index is -4.69. The van der Waals surface area contributed by atoms with Crippen LogP contribution in [-0.4, -0.2) is 39.6 Å². The van der Waals surface area contributed by atoms with Gasteiger partial charge in [-0.25, -0.2) is 4.57 Å². The quantitative estimate of drug-likeness (QED) is 0.0357. The lowest BCUT2D eigenvalue weighted by molar-refractivity contribution is -0.123. The van der Waals surface area contributed by atoms with Gasteiger partial charge in [0.1, 0.15) is 0 Å². The Balaban J connectivity index is 3.59. The molecule has 4 N–H and O–H groups in total. The van der Waals surface area contributed by atoms with Crippen molar-refractivity contribution in [2.24, 2.45) is 0 Å². The van der Waals surface area contributed by atoms with Crippen molar-refractivity contribution in [1.82, 2.24) is 5.32 Å². The first-order valence-electron chi connectivity index (χ1n) is 28.0. The van der Waals surface area contributed by atoms with Crippen LogP contribution in [0, 0.1) is 0 Å². The molecule has 0 saturated carbocycles. The van der Waals surface area contributed by atoms with Gasteiger partial charge in [-0.15, -0.1) is 0 Å². The highest BCUT2D eigenvalue weighted by molar-refractivity contribution is 7.46. The predicted octanol–water partition coefficient (Wildman–Crippen LogP) is 17.7. The van der Waals surface area contributed by atoms with Gasteiger partial charge in [0.2, 0.25) is 5.91 Å². The minimum Gasteiger partial charge on any atom is -0.391 e. The number of aliphatic hydroxyl groups excluding tert-OH is 1. The maximum atomic E-state index is 12.7. The molecule has 0 aromatic heterocycles. The normalized spacial score (nSPS) is 12.9. The molecule has 0 aliphatic rings. The average molecular weight is 900 g/mol. The summed E-state index contributed by atoms with van der Waals surface area (Å²) in [5.74, 6) is -0.186. The fourth-order valence-electron chi connectivity index (χ4n) is 9.12. The second kappa shape index (κ2) is 50.0. The number of unbranched alkanes of at least 4 members (excludes halogenated alkanes) is 44. The van der Waals surface area contributed by atoms with Crippen molar-refractivity contribution in [3.63, 3.8) is 0 Å². The zero-order valence-electron chi connectivity index (χ0n) is 41.8. The third-order valence-electron chi connectivity index (χ3n) is 13.3. The fraction of sp³-hybridized carbons (Fsp3) is 0.981. The number of rotatable bonds is 53. The Morgan fingerprint density at radius 2 is 0.629 bits per heavy atom. The van der Waals surface area contributed by atoms with E-state index in [4.69, 9.17) is 4.52 Å². The van der Waals surface area contributed by atoms with Crippen molar-refractivity contribution in [2.75, 3.05) is 6.61 Å². The zero-order chi connectivity index (χ0) is 45.3. The van der Waals surface area contributed by atoms with Crippen molar-refractivity contribution in [2.45, 2.75) is 334 Å². The van der Waals surface area contributed by atoms with E-state index in [2.05, 4.69) is 19.2 Å². The first-order valence-corrected chi connectivity index (χ1v) is 29.5. The van der Waals surface area contributed by atoms with Crippen molar-refractivity contribution in [3.05, 3.63) is 0 Å². The van der Waals surface area contributed by atoms with Crippen LogP contribution in [0.1, 0.15) is 322 Å². The van der Waals surface area contributed by atoms with E-state index in [1.807, 2.05) is 0 Å². The lowest BCUT2D eigenvalue weighted by Gasteiger charge is -2.24. The molecule has 0 aliphatic carbocycles. The zero-order valence-corrected chi connectivity index (χ0v) is 42.7. The number of hydrogen-bond acceptors (Lipinski definition) is 4. The van der Waals surface area contributed by atoms with Crippen LogP contribution in [0.15, 0.2) is 0 Å². The van der Waals surface area contributed by atoms with E-state index in [9.17, 15) is 24.3 Å². The van der Waals surface area contributed by atoms with Gasteiger partial charge in [-0.05, 0) is 12.8 Å². The van der Waals surface area contributed by atoms with E-state index in [1.54, 1.807) is 0 Å². The molecule has 0 radical (unpaired) electrons. The maximum Gasteiger partial charge on any atom is 0.469 e. The maximum absolute atomic E-state index is 12.7. The number of carbonyl (C=O) groups is 1. The number of aliphatic hydroxyl groups is 1. The van der Waals surface area contributed by atoms with Gasteiger partial charge in [-0.1, -0.05) is 303 Å². The Morgan fingerprint density at radius 3 is 0.871 bits per heavy atom. The predicted molar refractivity (Wildman–Crippen MR) is 269 cm³/mol. The first-order chi connectivity index (χ1) is 30.3. The minimum absolute atomic E-state index is 0.186. The number of amides is 1. The summed E-state index contributed by atoms with van der Waals surface area (Å²) in [5, 5.41) is 13.6. The van der Waals surface area contributed by atoms with E-state index >= 15 is 0 Å². The number of hydrogen-bond donors (Lipinski definition) is 4. The van der Waals surface area contributed by atoms with E-state index in [1.165, 1.54) is 257 Å². The fourth-order valence-corrected chi connectivity index (χ4v) is 9.47. The van der Waals surface area contributed by atoms with Crippen molar-refractivity contribution in [1.29, 1.82) is 0 Å². The van der Waals surface area contributed by atoms with Crippen LogP contribution in [0.3, 0.4) is 0 Å². The second-order valence-corrected chi connectivity index (χ2v) is 20.9. The van der Waals surface area contributed by atoms with Crippen LogP contribution in [0.4, 0.5) is 0 Å². The van der Waals surface area contributed by atoms with Crippen LogP contribution in [0.2, 0.25) is 0 Å². The Labute approximate surface area is 387 Å². The SMILES string of the molecule is CCCCCCCCCCCCCCCCCCCCCCCCCCCCCCCCCCCC(=O)N[C@@H](COP(=O)(O)O)[C@H](O)CCCCCCCCCCCCCCC. The van der Waals surface area contributed by atoms with Gasteiger partial charge in [0.25, 0.3) is 0 Å². The van der Waals surface area contributed by atoms with Gasteiger partial charge in [0.15, 0.2) is 0 Å². The van der Waals surface area contributed by atoms with Crippen LogP contribution >= 0.6 is 7.82 Å². The summed E-state index contributed by atoms with van der Waals surface area (Å²) in [4.78, 5) is 31.1. The monoisotopic (exact) mass is 900 g/mol. The third-order valence-corrected chi connectivity index (χ3v) is 13.8. The van der Waals surface area contributed by atoms with E-state index in [-0.39, 0.29) is 5.91 Å². The van der Waals surface area contributed by atoms with Crippen LogP contribution in [-0.2, 0) is 13.9 Å². The smallest absolute Gasteiger partial charge is 0.391 e. The van der Waals surface area contributed by atoms with Gasteiger partial charge in [-0.3, -0.25) is 9.32 Å². The molecular formula is C54H110NO6P. The number of phosphoric ester groups is 1. The molecule has 7 nitrogen and oxygen atoms in total. The topological polar surface area (TPSA) is 116 Å². The first kappa shape index (κ1) is 61.5. The van der Waals surface area contributed by atoms with E-state index in [0.717, 1.165) is 38.5 Å². The van der Waals surface area contributed by atoms with Gasteiger partial charge in [0.05, 0.1) is 18.8 Å². The molecule has 372 valence electrons. The molecule has 0 aromatic rings. The summed E-state index contributed by atoms with van der Waals surface area (Å²) in [7, 11) is -4.69. The highest BCUT2D eigenvalue weighted by Gasteiger charge is 2.25. The molecule has 0 unspecified atom stereocenters. The number of carbonyl (C=O) groups excluding carboxylic acids is 1. The molecule has 62 heavy (non-hydrogen) atoms. The highest BCUT2D eigenvalue weighted by Crippen LogP contribution is 2.36. The Hall–Kier alpha value is -0.460. The summed E-state index contributed by atoms with van der Waals surface area (Å²) < 4.78 is 16.0. The number of nitrogens with one attached hydrogen (secondary N) is 1. The largest absolute Gasteiger partial charge is 0.469 e. The molecule has 0 rings (SSSR count). The van der Waals surface area contributed by atoms with E-state index < -0.39 is 26.6 Å². The lowest BCUT2D eigenvalue weighted by Crippen LogP contribution is -2.46. The molecule has 0 aromatic carbocycles. The second-order valence-electron chi connectivity index (χ2n) is 19.6. The van der Waals surface area contributed by atoms with Crippen molar-refractivity contribution >= 4 is 13.7 Å². The lowest BCUT2D eigenvalue weighted by atomic mass is 10.0. The summed E-state index contributed by atoms with van der Waals surface area (Å²) in [6, 6.07) is -0.819. The summed E-state index contributed by atoms with van der Waals surface area (Å²) >= 11 is 0. The summed E-state index contributed by atoms with van der Waals surface area (Å²) in [6.45, 7) is 4.16. The van der Waals surface area contributed by atoms with Crippen LogP contribution < -0.4 is 5.32 Å². The van der Waals surface area contributed by atoms with Gasteiger partial charge >= 0.3 is 7.82 Å². The molecule has 2 atom stereocenters.